The molecule has 0 aliphatic heterocycles. The van der Waals surface area contributed by atoms with Crippen molar-refractivity contribution in [1.29, 1.82) is 5.26 Å². The van der Waals surface area contributed by atoms with E-state index in [0.29, 0.717) is 27.8 Å². The summed E-state index contributed by atoms with van der Waals surface area (Å²) < 4.78 is 10.5. The summed E-state index contributed by atoms with van der Waals surface area (Å²) in [5.41, 5.74) is 1.04. The van der Waals surface area contributed by atoms with Gasteiger partial charge in [-0.25, -0.2) is 0 Å². The minimum atomic E-state index is -0.325. The minimum Gasteiger partial charge on any atom is -0.493 e. The molecule has 0 spiro atoms. The van der Waals surface area contributed by atoms with Crippen LogP contribution >= 0.6 is 11.6 Å². The van der Waals surface area contributed by atoms with Crippen LogP contribution in [-0.2, 0) is 4.79 Å². The van der Waals surface area contributed by atoms with Crippen molar-refractivity contribution in [1.82, 2.24) is 0 Å². The van der Waals surface area contributed by atoms with Gasteiger partial charge in [0.15, 0.2) is 18.1 Å². The first-order valence-corrected chi connectivity index (χ1v) is 6.76. The number of hydrogen-bond acceptors (Lipinski definition) is 4. The van der Waals surface area contributed by atoms with Crippen molar-refractivity contribution in [3.8, 4) is 17.6 Å². The molecule has 0 saturated carbocycles. The highest BCUT2D eigenvalue weighted by Gasteiger charge is 2.09. The highest BCUT2D eigenvalue weighted by molar-refractivity contribution is 6.30. The number of halogens is 1. The molecule has 5 nitrogen and oxygen atoms in total. The fourth-order valence-corrected chi connectivity index (χ4v) is 1.95. The van der Waals surface area contributed by atoms with Crippen LogP contribution in [0.25, 0.3) is 0 Å². The molecule has 0 atom stereocenters. The molecule has 1 N–H and O–H groups in total. The van der Waals surface area contributed by atoms with Crippen molar-refractivity contribution in [3.05, 3.63) is 53.1 Å². The van der Waals surface area contributed by atoms with Crippen LogP contribution in [0.3, 0.4) is 0 Å². The van der Waals surface area contributed by atoms with E-state index in [1.165, 1.54) is 7.11 Å². The maximum absolute atomic E-state index is 11.8. The quantitative estimate of drug-likeness (QED) is 0.919. The number of nitriles is 1. The molecule has 112 valence electrons. The molecular weight excluding hydrogens is 304 g/mol. The van der Waals surface area contributed by atoms with Crippen LogP contribution in [0.1, 0.15) is 5.56 Å². The molecule has 0 heterocycles. The maximum atomic E-state index is 11.8. The zero-order valence-corrected chi connectivity index (χ0v) is 12.6. The highest BCUT2D eigenvalue weighted by atomic mass is 35.5. The summed E-state index contributed by atoms with van der Waals surface area (Å²) in [5, 5.41) is 12.0. The Morgan fingerprint density at radius 1 is 1.27 bits per heavy atom. The number of nitrogens with zero attached hydrogens (tertiary/aromatic N) is 1. The number of carbonyl (C=O) groups is 1. The van der Waals surface area contributed by atoms with Gasteiger partial charge in [0, 0.05) is 16.8 Å². The first kappa shape index (κ1) is 15.7. The monoisotopic (exact) mass is 316 g/mol. The number of amides is 1. The van der Waals surface area contributed by atoms with E-state index in [-0.39, 0.29) is 12.5 Å². The zero-order chi connectivity index (χ0) is 15.9. The lowest BCUT2D eigenvalue weighted by atomic mass is 10.2. The van der Waals surface area contributed by atoms with Gasteiger partial charge in [-0.15, -0.1) is 0 Å². The van der Waals surface area contributed by atoms with E-state index in [9.17, 15) is 4.79 Å². The van der Waals surface area contributed by atoms with E-state index in [1.54, 1.807) is 42.5 Å². The Balaban J connectivity index is 1.98. The highest BCUT2D eigenvalue weighted by Crippen LogP contribution is 2.27. The van der Waals surface area contributed by atoms with E-state index in [2.05, 4.69) is 5.32 Å². The number of nitrogens with one attached hydrogen (secondary N) is 1. The molecule has 2 rings (SSSR count). The Bertz CT molecular complexity index is 726. The lowest BCUT2D eigenvalue weighted by Crippen LogP contribution is -2.20. The number of carbonyl (C=O) groups excluding carboxylic acids is 1. The van der Waals surface area contributed by atoms with Crippen LogP contribution in [0, 0.1) is 11.3 Å². The van der Waals surface area contributed by atoms with E-state index in [1.807, 2.05) is 6.07 Å². The van der Waals surface area contributed by atoms with E-state index >= 15 is 0 Å². The average Bonchev–Trinajstić information content (AvgIpc) is 2.52. The van der Waals surface area contributed by atoms with Crippen molar-refractivity contribution < 1.29 is 14.3 Å². The van der Waals surface area contributed by atoms with Gasteiger partial charge in [0.2, 0.25) is 0 Å². The molecule has 0 bridgehead atoms. The molecule has 2 aromatic rings. The molecule has 0 aromatic heterocycles. The summed E-state index contributed by atoms with van der Waals surface area (Å²) in [7, 11) is 1.47. The van der Waals surface area contributed by atoms with Gasteiger partial charge in [0.05, 0.1) is 18.7 Å². The number of benzene rings is 2. The molecular formula is C16H13ClN2O3. The third-order valence-corrected chi connectivity index (χ3v) is 2.99. The maximum Gasteiger partial charge on any atom is 0.262 e. The van der Waals surface area contributed by atoms with Gasteiger partial charge in [0.25, 0.3) is 5.91 Å². The van der Waals surface area contributed by atoms with Crippen molar-refractivity contribution in [2.24, 2.45) is 0 Å². The smallest absolute Gasteiger partial charge is 0.262 e. The lowest BCUT2D eigenvalue weighted by Gasteiger charge is -2.11. The van der Waals surface area contributed by atoms with Crippen LogP contribution in [0.4, 0.5) is 5.69 Å². The summed E-state index contributed by atoms with van der Waals surface area (Å²) in [6, 6.07) is 13.6. The van der Waals surface area contributed by atoms with Crippen molar-refractivity contribution in [2.75, 3.05) is 19.0 Å². The summed E-state index contributed by atoms with van der Waals surface area (Å²) in [5.74, 6) is 0.464. The standard InChI is InChI=1S/C16H13ClN2O3/c1-21-15-7-11(9-18)5-6-14(15)22-10-16(20)19-13-4-2-3-12(17)8-13/h2-8H,10H2,1H3,(H,19,20). The van der Waals surface area contributed by atoms with Gasteiger partial charge >= 0.3 is 0 Å². The summed E-state index contributed by atoms with van der Waals surface area (Å²) in [6.07, 6.45) is 0. The van der Waals surface area contributed by atoms with Crippen LogP contribution in [0.5, 0.6) is 11.5 Å². The van der Waals surface area contributed by atoms with Gasteiger partial charge < -0.3 is 14.8 Å². The number of hydrogen-bond donors (Lipinski definition) is 1. The van der Waals surface area contributed by atoms with Gasteiger partial charge in [-0.2, -0.15) is 5.26 Å². The fraction of sp³-hybridized carbons (Fsp3) is 0.125. The number of ether oxygens (including phenoxy) is 2. The number of methoxy groups -OCH3 is 1. The first-order valence-electron chi connectivity index (χ1n) is 6.38. The summed E-state index contributed by atoms with van der Waals surface area (Å²) in [6.45, 7) is -0.186. The predicted octanol–water partition coefficient (Wildman–Crippen LogP) is 3.24. The SMILES string of the molecule is COc1cc(C#N)ccc1OCC(=O)Nc1cccc(Cl)c1. The topological polar surface area (TPSA) is 71.3 Å². The molecule has 22 heavy (non-hydrogen) atoms. The van der Waals surface area contributed by atoms with E-state index < -0.39 is 0 Å². The van der Waals surface area contributed by atoms with Gasteiger partial charge in [0.1, 0.15) is 0 Å². The molecule has 0 saturated heterocycles. The third kappa shape index (κ3) is 4.14. The molecule has 6 heteroatoms. The Morgan fingerprint density at radius 2 is 2.09 bits per heavy atom. The minimum absolute atomic E-state index is 0.186. The van der Waals surface area contributed by atoms with Gasteiger partial charge in [-0.1, -0.05) is 17.7 Å². The lowest BCUT2D eigenvalue weighted by molar-refractivity contribution is -0.118. The van der Waals surface area contributed by atoms with Gasteiger partial charge in [-0.3, -0.25) is 4.79 Å². The summed E-state index contributed by atoms with van der Waals surface area (Å²) >= 11 is 5.84. The molecule has 0 aliphatic carbocycles. The second-order valence-electron chi connectivity index (χ2n) is 4.32. The molecule has 1 amide bonds. The van der Waals surface area contributed by atoms with Crippen LogP contribution < -0.4 is 14.8 Å². The number of anilines is 1. The van der Waals surface area contributed by atoms with Gasteiger partial charge in [-0.05, 0) is 30.3 Å². The Labute approximate surface area is 133 Å². The molecule has 0 radical (unpaired) electrons. The van der Waals surface area contributed by atoms with E-state index in [0.717, 1.165) is 0 Å². The second-order valence-corrected chi connectivity index (χ2v) is 4.76. The van der Waals surface area contributed by atoms with Crippen LogP contribution in [0.15, 0.2) is 42.5 Å². The van der Waals surface area contributed by atoms with Crippen molar-refractivity contribution in [3.63, 3.8) is 0 Å². The second kappa shape index (κ2) is 7.34. The summed E-state index contributed by atoms with van der Waals surface area (Å²) in [4.78, 5) is 11.8. The van der Waals surface area contributed by atoms with E-state index in [4.69, 9.17) is 26.3 Å². The number of rotatable bonds is 5. The third-order valence-electron chi connectivity index (χ3n) is 2.76. The molecule has 0 fully saturated rings. The van der Waals surface area contributed by atoms with Crippen LogP contribution in [0.2, 0.25) is 5.02 Å². The molecule has 0 unspecified atom stereocenters. The average molecular weight is 317 g/mol. The van der Waals surface area contributed by atoms with Crippen molar-refractivity contribution in [2.45, 2.75) is 0 Å². The Kier molecular flexibility index (Phi) is 5.23. The van der Waals surface area contributed by atoms with Crippen molar-refractivity contribution >= 4 is 23.2 Å². The Hall–Kier alpha value is -2.71. The normalized spacial score (nSPS) is 9.68. The molecule has 0 aliphatic rings. The molecule has 2 aromatic carbocycles. The fourth-order valence-electron chi connectivity index (χ4n) is 1.76. The Morgan fingerprint density at radius 3 is 2.77 bits per heavy atom. The predicted molar refractivity (Wildman–Crippen MR) is 83.3 cm³/mol. The largest absolute Gasteiger partial charge is 0.493 e. The first-order chi connectivity index (χ1) is 10.6. The zero-order valence-electron chi connectivity index (χ0n) is 11.8. The van der Waals surface area contributed by atoms with Crippen LogP contribution in [-0.4, -0.2) is 19.6 Å².